The topological polar surface area (TPSA) is 67.4 Å². The van der Waals surface area contributed by atoms with E-state index in [1.54, 1.807) is 0 Å². The van der Waals surface area contributed by atoms with Crippen molar-refractivity contribution in [3.63, 3.8) is 0 Å². The third kappa shape index (κ3) is 22.1. The van der Waals surface area contributed by atoms with Gasteiger partial charge in [0.1, 0.15) is 0 Å². The molecule has 0 aromatic rings. The van der Waals surface area contributed by atoms with Crippen molar-refractivity contribution < 1.29 is 27.5 Å². The second-order valence-corrected chi connectivity index (χ2v) is 8.46. The molecule has 0 amide bonds. The molecular formula is C24H45F3N2O3. The third-order valence-electron chi connectivity index (χ3n) is 5.34. The first-order chi connectivity index (χ1) is 15.4. The molecule has 0 aromatic carbocycles. The fourth-order valence-electron chi connectivity index (χ4n) is 3.41. The van der Waals surface area contributed by atoms with Gasteiger partial charge >= 0.3 is 18.1 Å². The predicted octanol–water partition coefficient (Wildman–Crippen LogP) is 6.06. The molecule has 5 nitrogen and oxygen atoms in total. The average Bonchev–Trinajstić information content (AvgIpc) is 2.74. The highest BCUT2D eigenvalue weighted by atomic mass is 19.4. The summed E-state index contributed by atoms with van der Waals surface area (Å²) in [5, 5.41) is 6.59. The minimum absolute atomic E-state index is 0.213. The Bertz CT molecular complexity index is 460. The van der Waals surface area contributed by atoms with Crippen LogP contribution < -0.4 is 10.6 Å². The lowest BCUT2D eigenvalue weighted by molar-refractivity contribution is -0.201. The Hall–Kier alpha value is -1.15. The van der Waals surface area contributed by atoms with Gasteiger partial charge in [-0.05, 0) is 51.9 Å². The quantitative estimate of drug-likeness (QED) is 0.115. The lowest BCUT2D eigenvalue weighted by atomic mass is 10.1. The molecule has 0 saturated carbocycles. The largest absolute Gasteiger partial charge is 0.491 e. The highest BCUT2D eigenvalue weighted by molar-refractivity contribution is 5.88. The fourth-order valence-corrected chi connectivity index (χ4v) is 3.41. The first-order valence-electron chi connectivity index (χ1n) is 12.6. The standard InChI is InChI=1S/C24H45F3N2O3/c1-2-3-4-5-6-7-8-9-10-11-12-13-18-28-19-14-15-20-29-21-16-17-22(30)32-23(31)24(25,26)27/h28-29H,2-21H2,1H3. The van der Waals surface area contributed by atoms with E-state index in [4.69, 9.17) is 0 Å². The number of rotatable bonds is 22. The van der Waals surface area contributed by atoms with Gasteiger partial charge in [0.2, 0.25) is 0 Å². The van der Waals surface area contributed by atoms with E-state index in [1.165, 1.54) is 77.0 Å². The molecule has 0 atom stereocenters. The number of carbonyl (C=O) groups excluding carboxylic acids is 2. The second-order valence-electron chi connectivity index (χ2n) is 8.46. The summed E-state index contributed by atoms with van der Waals surface area (Å²) < 4.78 is 39.6. The van der Waals surface area contributed by atoms with Gasteiger partial charge in [0.25, 0.3) is 0 Å². The maximum atomic E-state index is 11.9. The third-order valence-corrected chi connectivity index (χ3v) is 5.34. The van der Waals surface area contributed by atoms with Crippen molar-refractivity contribution >= 4 is 11.9 Å². The zero-order chi connectivity index (χ0) is 23.9. The Morgan fingerprint density at radius 2 is 1.00 bits per heavy atom. The Kier molecular flexibility index (Phi) is 20.9. The van der Waals surface area contributed by atoms with Crippen molar-refractivity contribution in [2.75, 3.05) is 26.2 Å². The molecule has 32 heavy (non-hydrogen) atoms. The van der Waals surface area contributed by atoms with Gasteiger partial charge < -0.3 is 15.4 Å². The second kappa shape index (κ2) is 21.7. The van der Waals surface area contributed by atoms with Gasteiger partial charge in [-0.15, -0.1) is 0 Å². The highest BCUT2D eigenvalue weighted by Crippen LogP contribution is 2.17. The van der Waals surface area contributed by atoms with Crippen molar-refractivity contribution in [1.29, 1.82) is 0 Å². The van der Waals surface area contributed by atoms with Crippen molar-refractivity contribution in [2.24, 2.45) is 0 Å². The zero-order valence-corrected chi connectivity index (χ0v) is 20.0. The minimum Gasteiger partial charge on any atom is -0.386 e. The number of hydrogen-bond acceptors (Lipinski definition) is 5. The maximum Gasteiger partial charge on any atom is 0.491 e. The molecule has 8 heteroatoms. The van der Waals surface area contributed by atoms with Crippen LogP contribution in [0.5, 0.6) is 0 Å². The summed E-state index contributed by atoms with van der Waals surface area (Å²) in [6.45, 7) is 5.58. The van der Waals surface area contributed by atoms with Crippen molar-refractivity contribution in [3.8, 4) is 0 Å². The number of ether oxygens (including phenoxy) is 1. The predicted molar refractivity (Wildman–Crippen MR) is 122 cm³/mol. The van der Waals surface area contributed by atoms with Crippen LogP contribution in [0.1, 0.15) is 110 Å². The van der Waals surface area contributed by atoms with Crippen LogP contribution in [0.15, 0.2) is 0 Å². The van der Waals surface area contributed by atoms with Gasteiger partial charge in [-0.25, -0.2) is 4.79 Å². The van der Waals surface area contributed by atoms with Gasteiger partial charge in [-0.2, -0.15) is 13.2 Å². The Morgan fingerprint density at radius 3 is 1.44 bits per heavy atom. The van der Waals surface area contributed by atoms with Gasteiger partial charge in [0, 0.05) is 6.42 Å². The zero-order valence-electron chi connectivity index (χ0n) is 20.0. The van der Waals surface area contributed by atoms with Crippen LogP contribution in [0.25, 0.3) is 0 Å². The first-order valence-corrected chi connectivity index (χ1v) is 12.6. The molecule has 0 aliphatic rings. The maximum absolute atomic E-state index is 11.9. The van der Waals surface area contributed by atoms with Crippen LogP contribution in [-0.4, -0.2) is 44.3 Å². The molecule has 0 aliphatic heterocycles. The number of alkyl halides is 3. The Balaban J connectivity index is 3.19. The molecule has 2 N–H and O–H groups in total. The van der Waals surface area contributed by atoms with Crippen LogP contribution in [0.3, 0.4) is 0 Å². The number of halogens is 3. The normalized spacial score (nSPS) is 11.6. The lowest BCUT2D eigenvalue weighted by Crippen LogP contribution is -2.28. The number of unbranched alkanes of at least 4 members (excludes halogenated alkanes) is 12. The molecule has 0 heterocycles. The van der Waals surface area contributed by atoms with Crippen molar-refractivity contribution in [2.45, 2.75) is 116 Å². The van der Waals surface area contributed by atoms with E-state index in [2.05, 4.69) is 22.3 Å². The molecule has 0 saturated heterocycles. The fraction of sp³-hybridized carbons (Fsp3) is 0.917. The van der Waals surface area contributed by atoms with Gasteiger partial charge in [0.05, 0.1) is 0 Å². The molecule has 0 radical (unpaired) electrons. The smallest absolute Gasteiger partial charge is 0.386 e. The van der Waals surface area contributed by atoms with Crippen molar-refractivity contribution in [1.82, 2.24) is 10.6 Å². The highest BCUT2D eigenvalue weighted by Gasteiger charge is 2.42. The van der Waals surface area contributed by atoms with Crippen LogP contribution in [-0.2, 0) is 14.3 Å². The van der Waals surface area contributed by atoms with Gasteiger partial charge in [-0.1, -0.05) is 77.6 Å². The molecule has 0 spiro atoms. The summed E-state index contributed by atoms with van der Waals surface area (Å²) in [4.78, 5) is 21.6. The SMILES string of the molecule is CCCCCCCCCCCCCCNCCCCNCCCC(=O)OC(=O)C(F)(F)F. The summed E-state index contributed by atoms with van der Waals surface area (Å²) in [6, 6.07) is 0. The summed E-state index contributed by atoms with van der Waals surface area (Å²) in [5.41, 5.74) is 0. The van der Waals surface area contributed by atoms with E-state index in [-0.39, 0.29) is 6.42 Å². The van der Waals surface area contributed by atoms with Gasteiger partial charge in [-0.3, -0.25) is 4.79 Å². The van der Waals surface area contributed by atoms with Gasteiger partial charge in [0.15, 0.2) is 0 Å². The number of hydrogen-bond donors (Lipinski definition) is 2. The summed E-state index contributed by atoms with van der Waals surface area (Å²) >= 11 is 0. The molecular weight excluding hydrogens is 421 g/mol. The number of esters is 2. The summed E-state index contributed by atoms with van der Waals surface area (Å²) in [7, 11) is 0. The molecule has 0 rings (SSSR count). The van der Waals surface area contributed by atoms with E-state index in [1.807, 2.05) is 0 Å². The molecule has 0 aromatic heterocycles. The summed E-state index contributed by atoms with van der Waals surface area (Å²) in [5.74, 6) is -3.59. The monoisotopic (exact) mass is 466 g/mol. The van der Waals surface area contributed by atoms with Crippen LogP contribution in [0.4, 0.5) is 13.2 Å². The van der Waals surface area contributed by atoms with E-state index in [9.17, 15) is 22.8 Å². The Morgan fingerprint density at radius 1 is 0.625 bits per heavy atom. The molecule has 0 fully saturated rings. The molecule has 0 bridgehead atoms. The van der Waals surface area contributed by atoms with Crippen LogP contribution >= 0.6 is 0 Å². The van der Waals surface area contributed by atoms with E-state index >= 15 is 0 Å². The molecule has 0 aliphatic carbocycles. The average molecular weight is 467 g/mol. The van der Waals surface area contributed by atoms with E-state index in [0.717, 1.165) is 32.5 Å². The van der Waals surface area contributed by atoms with E-state index in [0.29, 0.717) is 13.0 Å². The van der Waals surface area contributed by atoms with Crippen LogP contribution in [0, 0.1) is 0 Å². The molecule has 0 unspecified atom stereocenters. The molecule has 190 valence electrons. The minimum atomic E-state index is -5.13. The van der Waals surface area contributed by atoms with E-state index < -0.39 is 18.1 Å². The first kappa shape index (κ1) is 30.9. The van der Waals surface area contributed by atoms with Crippen molar-refractivity contribution in [3.05, 3.63) is 0 Å². The number of carbonyl (C=O) groups is 2. The number of nitrogens with one attached hydrogen (secondary N) is 2. The van der Waals surface area contributed by atoms with Crippen LogP contribution in [0.2, 0.25) is 0 Å². The lowest BCUT2D eigenvalue weighted by Gasteiger charge is -2.07. The Labute approximate surface area is 192 Å². The summed E-state index contributed by atoms with van der Waals surface area (Å²) in [6.07, 6.45) is 13.3.